The number of amides is 2. The first-order valence-electron chi connectivity index (χ1n) is 6.31. The SMILES string of the molecule is Cc1cc(C(=O)NCCC(=O)N(C)C)sc1/C=C/C(=O)O. The molecule has 2 N–H and O–H groups in total. The molecule has 1 rings (SSSR count). The van der Waals surface area contributed by atoms with Crippen LogP contribution in [0.4, 0.5) is 0 Å². The van der Waals surface area contributed by atoms with E-state index in [1.165, 1.54) is 22.3 Å². The fourth-order valence-corrected chi connectivity index (χ4v) is 2.51. The van der Waals surface area contributed by atoms with E-state index in [0.717, 1.165) is 16.5 Å². The molecule has 0 unspecified atom stereocenters. The van der Waals surface area contributed by atoms with E-state index in [1.807, 2.05) is 6.92 Å². The van der Waals surface area contributed by atoms with Gasteiger partial charge in [-0.3, -0.25) is 9.59 Å². The van der Waals surface area contributed by atoms with Crippen LogP contribution in [-0.4, -0.2) is 48.4 Å². The van der Waals surface area contributed by atoms with E-state index < -0.39 is 5.97 Å². The Morgan fingerprint density at radius 1 is 1.38 bits per heavy atom. The average Bonchev–Trinajstić information content (AvgIpc) is 2.77. The Hall–Kier alpha value is -2.15. The van der Waals surface area contributed by atoms with Gasteiger partial charge >= 0.3 is 5.97 Å². The van der Waals surface area contributed by atoms with Gasteiger partial charge in [-0.05, 0) is 24.6 Å². The van der Waals surface area contributed by atoms with Crippen LogP contribution in [0.1, 0.15) is 26.5 Å². The molecule has 0 fully saturated rings. The zero-order chi connectivity index (χ0) is 16.0. The van der Waals surface area contributed by atoms with Crippen molar-refractivity contribution in [2.75, 3.05) is 20.6 Å². The molecule has 6 nitrogen and oxygen atoms in total. The van der Waals surface area contributed by atoms with E-state index in [2.05, 4.69) is 5.32 Å². The molecule has 0 radical (unpaired) electrons. The summed E-state index contributed by atoms with van der Waals surface area (Å²) in [6, 6.07) is 1.70. The first kappa shape index (κ1) is 16.9. The van der Waals surface area contributed by atoms with Crippen molar-refractivity contribution in [3.8, 4) is 0 Å². The first-order valence-corrected chi connectivity index (χ1v) is 7.12. The van der Waals surface area contributed by atoms with E-state index in [-0.39, 0.29) is 24.8 Å². The monoisotopic (exact) mass is 310 g/mol. The van der Waals surface area contributed by atoms with Gasteiger partial charge in [-0.15, -0.1) is 11.3 Å². The van der Waals surface area contributed by atoms with Crippen molar-refractivity contribution in [3.05, 3.63) is 27.5 Å². The third kappa shape index (κ3) is 5.39. The number of nitrogens with one attached hydrogen (secondary N) is 1. The van der Waals surface area contributed by atoms with Gasteiger partial charge in [-0.25, -0.2) is 4.79 Å². The van der Waals surface area contributed by atoms with E-state index >= 15 is 0 Å². The zero-order valence-electron chi connectivity index (χ0n) is 12.2. The Bertz CT molecular complexity index is 576. The van der Waals surface area contributed by atoms with Crippen LogP contribution in [0.3, 0.4) is 0 Å². The number of carbonyl (C=O) groups excluding carboxylic acids is 2. The predicted octanol–water partition coefficient (Wildman–Crippen LogP) is 1.36. The number of hydrogen-bond donors (Lipinski definition) is 2. The number of nitrogens with zero attached hydrogens (tertiary/aromatic N) is 1. The fourth-order valence-electron chi connectivity index (χ4n) is 1.51. The van der Waals surface area contributed by atoms with Crippen LogP contribution in [0.15, 0.2) is 12.1 Å². The van der Waals surface area contributed by atoms with Gasteiger partial charge in [0.15, 0.2) is 0 Å². The van der Waals surface area contributed by atoms with Crippen LogP contribution in [-0.2, 0) is 9.59 Å². The van der Waals surface area contributed by atoms with Crippen molar-refractivity contribution in [1.29, 1.82) is 0 Å². The molecule has 21 heavy (non-hydrogen) atoms. The maximum atomic E-state index is 11.9. The van der Waals surface area contributed by atoms with E-state index in [9.17, 15) is 14.4 Å². The number of carboxylic acid groups (broad SMARTS) is 1. The molecular weight excluding hydrogens is 292 g/mol. The van der Waals surface area contributed by atoms with E-state index in [1.54, 1.807) is 20.2 Å². The molecule has 0 saturated heterocycles. The summed E-state index contributed by atoms with van der Waals surface area (Å²) >= 11 is 1.22. The lowest BCUT2D eigenvalue weighted by atomic mass is 10.2. The van der Waals surface area contributed by atoms with Crippen LogP contribution >= 0.6 is 11.3 Å². The molecule has 114 valence electrons. The van der Waals surface area contributed by atoms with E-state index in [0.29, 0.717) is 4.88 Å². The molecule has 0 aliphatic heterocycles. The molecular formula is C14H18N2O4S. The van der Waals surface area contributed by atoms with Gasteiger partial charge in [0, 0.05) is 38.0 Å². The molecule has 1 aromatic heterocycles. The molecule has 0 aliphatic rings. The lowest BCUT2D eigenvalue weighted by molar-refractivity contribution is -0.131. The molecule has 2 amide bonds. The molecule has 0 saturated carbocycles. The molecule has 0 atom stereocenters. The average molecular weight is 310 g/mol. The summed E-state index contributed by atoms with van der Waals surface area (Å²) in [6.45, 7) is 2.08. The van der Waals surface area contributed by atoms with Crippen molar-refractivity contribution >= 4 is 35.2 Å². The summed E-state index contributed by atoms with van der Waals surface area (Å²) in [5, 5.41) is 11.3. The first-order chi connectivity index (χ1) is 9.81. The largest absolute Gasteiger partial charge is 0.478 e. The summed E-state index contributed by atoms with van der Waals surface area (Å²) in [5.74, 6) is -1.34. The third-order valence-electron chi connectivity index (χ3n) is 2.68. The minimum Gasteiger partial charge on any atom is -0.478 e. The van der Waals surface area contributed by atoms with Crippen LogP contribution in [0, 0.1) is 6.92 Å². The summed E-state index contributed by atoms with van der Waals surface area (Å²) in [4.78, 5) is 36.5. The number of aliphatic carboxylic acids is 1. The Morgan fingerprint density at radius 2 is 2.05 bits per heavy atom. The number of carbonyl (C=O) groups is 3. The zero-order valence-corrected chi connectivity index (χ0v) is 13.0. The Balaban J connectivity index is 2.61. The smallest absolute Gasteiger partial charge is 0.328 e. The van der Waals surface area contributed by atoms with Gasteiger partial charge in [0.25, 0.3) is 5.91 Å². The normalized spacial score (nSPS) is 10.6. The van der Waals surface area contributed by atoms with Crippen LogP contribution in [0.25, 0.3) is 6.08 Å². The Labute approximate surface area is 127 Å². The molecule has 1 heterocycles. The second-order valence-electron chi connectivity index (χ2n) is 4.62. The second-order valence-corrected chi connectivity index (χ2v) is 5.71. The van der Waals surface area contributed by atoms with Crippen molar-refractivity contribution < 1.29 is 19.5 Å². The number of carboxylic acids is 1. The quantitative estimate of drug-likeness (QED) is 0.777. The molecule has 0 aromatic carbocycles. The van der Waals surface area contributed by atoms with E-state index in [4.69, 9.17) is 5.11 Å². The fraction of sp³-hybridized carbons (Fsp3) is 0.357. The lowest BCUT2D eigenvalue weighted by Gasteiger charge is -2.10. The minimum atomic E-state index is -1.03. The Kier molecular flexibility index (Phi) is 6.10. The van der Waals surface area contributed by atoms with Gasteiger partial charge in [0.05, 0.1) is 4.88 Å². The summed E-state index contributed by atoms with van der Waals surface area (Å²) < 4.78 is 0. The minimum absolute atomic E-state index is 0.0530. The predicted molar refractivity (Wildman–Crippen MR) is 81.4 cm³/mol. The topological polar surface area (TPSA) is 86.7 Å². The molecule has 0 aliphatic carbocycles. The van der Waals surface area contributed by atoms with Crippen LogP contribution < -0.4 is 5.32 Å². The third-order valence-corrected chi connectivity index (χ3v) is 3.88. The number of aryl methyl sites for hydroxylation is 1. The number of rotatable bonds is 6. The van der Waals surface area contributed by atoms with Gasteiger partial charge < -0.3 is 15.3 Å². The molecule has 0 spiro atoms. The highest BCUT2D eigenvalue weighted by Gasteiger charge is 2.12. The van der Waals surface area contributed by atoms with Gasteiger partial charge in [-0.2, -0.15) is 0 Å². The highest BCUT2D eigenvalue weighted by atomic mass is 32.1. The highest BCUT2D eigenvalue weighted by molar-refractivity contribution is 7.15. The van der Waals surface area contributed by atoms with Crippen molar-refractivity contribution in [2.24, 2.45) is 0 Å². The summed E-state index contributed by atoms with van der Waals surface area (Å²) in [5.41, 5.74) is 0.840. The maximum Gasteiger partial charge on any atom is 0.328 e. The van der Waals surface area contributed by atoms with Gasteiger partial charge in [0.1, 0.15) is 0 Å². The van der Waals surface area contributed by atoms with Crippen LogP contribution in [0.2, 0.25) is 0 Å². The van der Waals surface area contributed by atoms with Crippen molar-refractivity contribution in [2.45, 2.75) is 13.3 Å². The van der Waals surface area contributed by atoms with Gasteiger partial charge in [0.2, 0.25) is 5.91 Å². The van der Waals surface area contributed by atoms with Gasteiger partial charge in [-0.1, -0.05) is 0 Å². The molecule has 0 bridgehead atoms. The van der Waals surface area contributed by atoms with Crippen LogP contribution in [0.5, 0.6) is 0 Å². The molecule has 1 aromatic rings. The van der Waals surface area contributed by atoms with Crippen molar-refractivity contribution in [3.63, 3.8) is 0 Å². The summed E-state index contributed by atoms with van der Waals surface area (Å²) in [7, 11) is 3.32. The maximum absolute atomic E-state index is 11.9. The lowest BCUT2D eigenvalue weighted by Crippen LogP contribution is -2.29. The standard InChI is InChI=1S/C14H18N2O4S/c1-9-8-11(21-10(9)4-5-13(18)19)14(20)15-7-6-12(17)16(2)3/h4-5,8H,6-7H2,1-3H3,(H,15,20)(H,18,19)/b5-4+. The number of thiophene rings is 1. The number of hydrogen-bond acceptors (Lipinski definition) is 4. The Morgan fingerprint density at radius 3 is 2.62 bits per heavy atom. The highest BCUT2D eigenvalue weighted by Crippen LogP contribution is 2.23. The second kappa shape index (κ2) is 7.58. The molecule has 7 heteroatoms. The summed E-state index contributed by atoms with van der Waals surface area (Å²) in [6.07, 6.45) is 2.75. The van der Waals surface area contributed by atoms with Crippen molar-refractivity contribution in [1.82, 2.24) is 10.2 Å².